The van der Waals surface area contributed by atoms with Gasteiger partial charge in [-0.1, -0.05) is 24.3 Å². The molecule has 2 fully saturated rings. The molecular formula is C20H24N4O. The molecule has 1 aromatic heterocycles. The van der Waals surface area contributed by atoms with Gasteiger partial charge in [-0.2, -0.15) is 0 Å². The second kappa shape index (κ2) is 7.23. The summed E-state index contributed by atoms with van der Waals surface area (Å²) < 4.78 is 0. The van der Waals surface area contributed by atoms with Crippen molar-refractivity contribution in [2.75, 3.05) is 26.2 Å². The van der Waals surface area contributed by atoms with E-state index in [0.29, 0.717) is 6.04 Å². The van der Waals surface area contributed by atoms with Crippen LogP contribution in [-0.2, 0) is 6.54 Å². The standard InChI is InChI=1S/C20H24N4O/c25-20-22-10-13-24(20)18-7-11-23(12-8-18)15-16-4-3-5-17(14-16)19-6-1-2-9-21-19/h1-6,9,14,18H,7-8,10-13,15H2,(H,22,25). The third kappa shape index (κ3) is 3.66. The van der Waals surface area contributed by atoms with E-state index in [2.05, 4.69) is 39.5 Å². The second-order valence-electron chi connectivity index (χ2n) is 6.85. The van der Waals surface area contributed by atoms with Crippen molar-refractivity contribution in [1.29, 1.82) is 0 Å². The topological polar surface area (TPSA) is 48.5 Å². The summed E-state index contributed by atoms with van der Waals surface area (Å²) in [5.74, 6) is 0. The molecule has 25 heavy (non-hydrogen) atoms. The fourth-order valence-electron chi connectivity index (χ4n) is 3.84. The van der Waals surface area contributed by atoms with E-state index in [4.69, 9.17) is 0 Å². The van der Waals surface area contributed by atoms with Crippen LogP contribution >= 0.6 is 0 Å². The first-order chi connectivity index (χ1) is 12.3. The molecule has 130 valence electrons. The maximum absolute atomic E-state index is 11.8. The van der Waals surface area contributed by atoms with Gasteiger partial charge in [0.2, 0.25) is 0 Å². The Morgan fingerprint density at radius 1 is 1.08 bits per heavy atom. The van der Waals surface area contributed by atoms with E-state index < -0.39 is 0 Å². The Morgan fingerprint density at radius 3 is 2.68 bits per heavy atom. The van der Waals surface area contributed by atoms with Gasteiger partial charge in [0.05, 0.1) is 5.69 Å². The van der Waals surface area contributed by atoms with Crippen LogP contribution in [0.5, 0.6) is 0 Å². The van der Waals surface area contributed by atoms with Crippen molar-refractivity contribution in [3.05, 3.63) is 54.2 Å². The normalized spacial score (nSPS) is 19.2. The number of pyridine rings is 1. The monoisotopic (exact) mass is 336 g/mol. The molecule has 2 saturated heterocycles. The van der Waals surface area contributed by atoms with Crippen LogP contribution in [0.15, 0.2) is 48.7 Å². The summed E-state index contributed by atoms with van der Waals surface area (Å²) in [6, 6.07) is 15.2. The van der Waals surface area contributed by atoms with E-state index in [0.717, 1.165) is 51.3 Å². The average Bonchev–Trinajstić information content (AvgIpc) is 3.09. The first-order valence-corrected chi connectivity index (χ1v) is 9.07. The van der Waals surface area contributed by atoms with Gasteiger partial charge in [-0.05, 0) is 36.6 Å². The molecule has 0 bridgehead atoms. The number of hydrogen-bond acceptors (Lipinski definition) is 3. The summed E-state index contributed by atoms with van der Waals surface area (Å²) in [7, 11) is 0. The second-order valence-corrected chi connectivity index (χ2v) is 6.85. The predicted molar refractivity (Wildman–Crippen MR) is 98.1 cm³/mol. The van der Waals surface area contributed by atoms with Crippen molar-refractivity contribution < 1.29 is 4.79 Å². The first-order valence-electron chi connectivity index (χ1n) is 9.07. The molecule has 2 aromatic rings. The number of likely N-dealkylation sites (tertiary alicyclic amines) is 1. The van der Waals surface area contributed by atoms with Gasteiger partial charge in [-0.3, -0.25) is 9.88 Å². The molecule has 1 aromatic carbocycles. The van der Waals surface area contributed by atoms with Crippen molar-refractivity contribution in [3.8, 4) is 11.3 Å². The summed E-state index contributed by atoms with van der Waals surface area (Å²) in [5.41, 5.74) is 3.50. The summed E-state index contributed by atoms with van der Waals surface area (Å²) in [4.78, 5) is 20.8. The van der Waals surface area contributed by atoms with Crippen molar-refractivity contribution in [3.63, 3.8) is 0 Å². The largest absolute Gasteiger partial charge is 0.336 e. The van der Waals surface area contributed by atoms with E-state index in [1.807, 2.05) is 29.3 Å². The predicted octanol–water partition coefficient (Wildman–Crippen LogP) is 2.74. The third-order valence-corrected chi connectivity index (χ3v) is 5.18. The highest BCUT2D eigenvalue weighted by atomic mass is 16.2. The molecule has 2 aliphatic heterocycles. The molecule has 0 radical (unpaired) electrons. The Balaban J connectivity index is 1.36. The van der Waals surface area contributed by atoms with Crippen molar-refractivity contribution >= 4 is 6.03 Å². The van der Waals surface area contributed by atoms with Crippen LogP contribution in [0.3, 0.4) is 0 Å². The molecule has 4 rings (SSSR count). The fourth-order valence-corrected chi connectivity index (χ4v) is 3.84. The Hall–Kier alpha value is -2.40. The molecular weight excluding hydrogens is 312 g/mol. The number of nitrogens with zero attached hydrogens (tertiary/aromatic N) is 3. The summed E-state index contributed by atoms with van der Waals surface area (Å²) in [6.07, 6.45) is 3.96. The van der Waals surface area contributed by atoms with Crippen LogP contribution in [0.2, 0.25) is 0 Å². The molecule has 5 heteroatoms. The number of aromatic nitrogens is 1. The van der Waals surface area contributed by atoms with E-state index in [1.54, 1.807) is 0 Å². The molecule has 2 amide bonds. The summed E-state index contributed by atoms with van der Waals surface area (Å²) in [5, 5.41) is 2.91. The highest BCUT2D eigenvalue weighted by Crippen LogP contribution is 2.22. The lowest BCUT2D eigenvalue weighted by Gasteiger charge is -2.36. The van der Waals surface area contributed by atoms with Gasteiger partial charge in [-0.15, -0.1) is 0 Å². The van der Waals surface area contributed by atoms with Gasteiger partial charge in [0.1, 0.15) is 0 Å². The lowest BCUT2D eigenvalue weighted by atomic mass is 10.0. The van der Waals surface area contributed by atoms with Crippen molar-refractivity contribution in [2.45, 2.75) is 25.4 Å². The minimum Gasteiger partial charge on any atom is -0.336 e. The Bertz CT molecular complexity index is 725. The zero-order valence-electron chi connectivity index (χ0n) is 14.4. The van der Waals surface area contributed by atoms with Gasteiger partial charge in [0.15, 0.2) is 0 Å². The van der Waals surface area contributed by atoms with Crippen molar-refractivity contribution in [2.24, 2.45) is 0 Å². The van der Waals surface area contributed by atoms with E-state index in [-0.39, 0.29) is 6.03 Å². The fraction of sp³-hybridized carbons (Fsp3) is 0.400. The molecule has 2 aliphatic rings. The third-order valence-electron chi connectivity index (χ3n) is 5.18. The first kappa shape index (κ1) is 16.1. The van der Waals surface area contributed by atoms with Crippen LogP contribution in [0.4, 0.5) is 4.79 Å². The maximum Gasteiger partial charge on any atom is 0.317 e. The quantitative estimate of drug-likeness (QED) is 0.934. The van der Waals surface area contributed by atoms with E-state index in [9.17, 15) is 4.79 Å². The van der Waals surface area contributed by atoms with Gasteiger partial charge >= 0.3 is 6.03 Å². The van der Waals surface area contributed by atoms with Gasteiger partial charge in [0.25, 0.3) is 0 Å². The molecule has 0 unspecified atom stereocenters. The number of nitrogens with one attached hydrogen (secondary N) is 1. The van der Waals surface area contributed by atoms with Crippen LogP contribution in [0, 0.1) is 0 Å². The zero-order valence-corrected chi connectivity index (χ0v) is 14.4. The molecule has 0 atom stereocenters. The SMILES string of the molecule is O=C1NCCN1C1CCN(Cc2cccc(-c3ccccn3)c2)CC1. The number of rotatable bonds is 4. The molecule has 0 saturated carbocycles. The summed E-state index contributed by atoms with van der Waals surface area (Å²) in [6.45, 7) is 4.69. The molecule has 0 spiro atoms. The van der Waals surface area contributed by atoms with Crippen LogP contribution < -0.4 is 5.32 Å². The van der Waals surface area contributed by atoms with Crippen LogP contribution in [-0.4, -0.2) is 53.0 Å². The lowest BCUT2D eigenvalue weighted by Crippen LogP contribution is -2.45. The minimum atomic E-state index is 0.113. The molecule has 3 heterocycles. The van der Waals surface area contributed by atoms with Gasteiger partial charge in [-0.25, -0.2) is 4.79 Å². The zero-order chi connectivity index (χ0) is 17.1. The molecule has 5 nitrogen and oxygen atoms in total. The number of benzene rings is 1. The highest BCUT2D eigenvalue weighted by molar-refractivity contribution is 5.76. The average molecular weight is 336 g/mol. The molecule has 0 aliphatic carbocycles. The van der Waals surface area contributed by atoms with Crippen LogP contribution in [0.1, 0.15) is 18.4 Å². The lowest BCUT2D eigenvalue weighted by molar-refractivity contribution is 0.132. The van der Waals surface area contributed by atoms with Gasteiger partial charge < -0.3 is 10.2 Å². The number of urea groups is 1. The molecule has 1 N–H and O–H groups in total. The minimum absolute atomic E-state index is 0.113. The number of piperidine rings is 1. The number of amides is 2. The Kier molecular flexibility index (Phi) is 4.65. The van der Waals surface area contributed by atoms with E-state index >= 15 is 0 Å². The number of hydrogen-bond donors (Lipinski definition) is 1. The Labute approximate surface area is 148 Å². The van der Waals surface area contributed by atoms with E-state index in [1.165, 1.54) is 11.1 Å². The number of carbonyl (C=O) groups is 1. The maximum atomic E-state index is 11.8. The smallest absolute Gasteiger partial charge is 0.317 e. The Morgan fingerprint density at radius 2 is 1.96 bits per heavy atom. The van der Waals surface area contributed by atoms with Crippen molar-refractivity contribution in [1.82, 2.24) is 20.1 Å². The van der Waals surface area contributed by atoms with Gasteiger partial charge in [0, 0.05) is 50.5 Å². The highest BCUT2D eigenvalue weighted by Gasteiger charge is 2.30. The number of carbonyl (C=O) groups excluding carboxylic acids is 1. The van der Waals surface area contributed by atoms with Crippen LogP contribution in [0.25, 0.3) is 11.3 Å². The summed E-state index contributed by atoms with van der Waals surface area (Å²) >= 11 is 0.